The molecule has 0 saturated heterocycles. The van der Waals surface area contributed by atoms with E-state index in [4.69, 9.17) is 5.73 Å². The lowest BCUT2D eigenvalue weighted by Gasteiger charge is -2.05. The van der Waals surface area contributed by atoms with Crippen LogP contribution in [0.3, 0.4) is 0 Å². The Labute approximate surface area is 68.8 Å². The minimum absolute atomic E-state index is 0. The van der Waals surface area contributed by atoms with E-state index in [9.17, 15) is 8.78 Å². The zero-order valence-electron chi connectivity index (χ0n) is 5.54. The molecule has 0 unspecified atom stereocenters. The molecule has 0 aliphatic rings. The molecule has 1 aromatic rings. The highest BCUT2D eigenvalue weighted by atomic mass is 35.5. The van der Waals surface area contributed by atoms with E-state index < -0.39 is 12.5 Å². The van der Waals surface area contributed by atoms with Crippen LogP contribution in [0.5, 0.6) is 0 Å². The van der Waals surface area contributed by atoms with Gasteiger partial charge in [0.15, 0.2) is 0 Å². The first-order chi connectivity index (χ1) is 4.72. The van der Waals surface area contributed by atoms with Crippen molar-refractivity contribution in [2.75, 3.05) is 0 Å². The van der Waals surface area contributed by atoms with Crippen LogP contribution in [0.25, 0.3) is 0 Å². The van der Waals surface area contributed by atoms with E-state index in [1.807, 2.05) is 0 Å². The molecule has 1 atom stereocenters. The number of rotatable bonds is 2. The van der Waals surface area contributed by atoms with Gasteiger partial charge >= 0.3 is 0 Å². The molecule has 0 radical (unpaired) electrons. The van der Waals surface area contributed by atoms with E-state index in [0.717, 1.165) is 0 Å². The van der Waals surface area contributed by atoms with Gasteiger partial charge in [-0.15, -0.1) is 12.4 Å². The highest BCUT2D eigenvalue weighted by Crippen LogP contribution is 2.17. The van der Waals surface area contributed by atoms with E-state index >= 15 is 0 Å². The van der Waals surface area contributed by atoms with E-state index in [-0.39, 0.29) is 12.4 Å². The smallest absolute Gasteiger partial charge is 0.257 e. The summed E-state index contributed by atoms with van der Waals surface area (Å²) in [5.41, 5.74) is 5.40. The van der Waals surface area contributed by atoms with Gasteiger partial charge < -0.3 is 10.2 Å². The Morgan fingerprint density at radius 2 is 2.09 bits per heavy atom. The van der Waals surface area contributed by atoms with Crippen LogP contribution in [-0.2, 0) is 0 Å². The minimum atomic E-state index is -2.53. The fourth-order valence-electron chi connectivity index (χ4n) is 0.610. The van der Waals surface area contributed by atoms with Crippen LogP contribution in [0.4, 0.5) is 8.78 Å². The van der Waals surface area contributed by atoms with Gasteiger partial charge in [-0.1, -0.05) is 0 Å². The molecule has 0 amide bonds. The molecule has 5 heteroatoms. The number of alkyl halides is 2. The first-order valence-electron chi connectivity index (χ1n) is 2.77. The minimum Gasteiger partial charge on any atom is -0.472 e. The van der Waals surface area contributed by atoms with E-state index in [1.54, 1.807) is 0 Å². The molecule has 0 aliphatic carbocycles. The summed E-state index contributed by atoms with van der Waals surface area (Å²) < 4.78 is 28.2. The molecule has 0 saturated carbocycles. The second kappa shape index (κ2) is 4.31. The van der Waals surface area contributed by atoms with Crippen molar-refractivity contribution in [1.82, 2.24) is 0 Å². The molecule has 2 nitrogen and oxygen atoms in total. The Morgan fingerprint density at radius 1 is 1.45 bits per heavy atom. The monoisotopic (exact) mass is 183 g/mol. The van der Waals surface area contributed by atoms with Gasteiger partial charge in [0.1, 0.15) is 0 Å². The van der Waals surface area contributed by atoms with Crippen LogP contribution in [0.2, 0.25) is 0 Å². The number of hydrogen-bond acceptors (Lipinski definition) is 2. The molecule has 64 valence electrons. The van der Waals surface area contributed by atoms with Crippen LogP contribution >= 0.6 is 12.4 Å². The second-order valence-electron chi connectivity index (χ2n) is 1.92. The first kappa shape index (κ1) is 10.4. The van der Waals surface area contributed by atoms with E-state index in [0.29, 0.717) is 5.56 Å². The Morgan fingerprint density at radius 3 is 2.45 bits per heavy atom. The molecule has 1 rings (SSSR count). The summed E-state index contributed by atoms with van der Waals surface area (Å²) in [6, 6.07) is 0.204. The fraction of sp³-hybridized carbons (Fsp3) is 0.333. The van der Waals surface area contributed by atoms with Gasteiger partial charge in [-0.25, -0.2) is 8.78 Å². The predicted molar refractivity (Wildman–Crippen MR) is 38.9 cm³/mol. The van der Waals surface area contributed by atoms with Gasteiger partial charge in [0.05, 0.1) is 18.6 Å². The normalized spacial score (nSPS) is 12.7. The zero-order valence-corrected chi connectivity index (χ0v) is 6.35. The molecular weight excluding hydrogens is 176 g/mol. The van der Waals surface area contributed by atoms with Gasteiger partial charge in [-0.05, 0) is 6.07 Å². The fourth-order valence-corrected chi connectivity index (χ4v) is 0.610. The molecule has 1 heterocycles. The summed E-state index contributed by atoms with van der Waals surface area (Å²) in [7, 11) is 0. The van der Waals surface area contributed by atoms with Crippen LogP contribution in [0.1, 0.15) is 11.6 Å². The number of hydrogen-bond donors (Lipinski definition) is 1. The molecular formula is C6H8ClF2NO. The van der Waals surface area contributed by atoms with Crippen LogP contribution in [-0.4, -0.2) is 6.43 Å². The predicted octanol–water partition coefficient (Wildman–Crippen LogP) is 1.97. The van der Waals surface area contributed by atoms with E-state index in [2.05, 4.69) is 4.42 Å². The molecule has 0 bridgehead atoms. The highest BCUT2D eigenvalue weighted by molar-refractivity contribution is 5.85. The van der Waals surface area contributed by atoms with Gasteiger partial charge in [0.25, 0.3) is 6.43 Å². The summed E-state index contributed by atoms with van der Waals surface area (Å²) in [6.07, 6.45) is 0.00611. The lowest BCUT2D eigenvalue weighted by molar-refractivity contribution is 0.116. The van der Waals surface area contributed by atoms with Crippen LogP contribution < -0.4 is 5.73 Å². The summed E-state index contributed by atoms with van der Waals surface area (Å²) in [5.74, 6) is 0. The van der Waals surface area contributed by atoms with Crippen molar-refractivity contribution in [3.05, 3.63) is 24.2 Å². The van der Waals surface area contributed by atoms with Crippen molar-refractivity contribution in [1.29, 1.82) is 0 Å². The van der Waals surface area contributed by atoms with Crippen LogP contribution in [0.15, 0.2) is 23.0 Å². The molecule has 0 fully saturated rings. The zero-order chi connectivity index (χ0) is 7.56. The quantitative estimate of drug-likeness (QED) is 0.762. The van der Waals surface area contributed by atoms with Crippen molar-refractivity contribution < 1.29 is 13.2 Å². The standard InChI is InChI=1S/C6H7F2NO.ClH/c7-6(8)5(9)4-1-2-10-3-4;/h1-3,5-6H,9H2;1H/t5-;/m1./s1. The maximum atomic E-state index is 11.8. The van der Waals surface area contributed by atoms with Crippen molar-refractivity contribution in [2.24, 2.45) is 5.73 Å². The summed E-state index contributed by atoms with van der Waals surface area (Å²) >= 11 is 0. The summed E-state index contributed by atoms with van der Waals surface area (Å²) in [5, 5.41) is 0. The first-order valence-corrected chi connectivity index (χ1v) is 2.77. The van der Waals surface area contributed by atoms with Gasteiger partial charge in [0.2, 0.25) is 0 Å². The molecule has 0 aromatic carbocycles. The van der Waals surface area contributed by atoms with E-state index in [1.165, 1.54) is 18.6 Å². The Bertz CT molecular complexity index is 190. The van der Waals surface area contributed by atoms with Gasteiger partial charge in [-0.3, -0.25) is 0 Å². The highest BCUT2D eigenvalue weighted by Gasteiger charge is 2.17. The third kappa shape index (κ3) is 2.48. The molecule has 1 aromatic heterocycles. The Kier molecular flexibility index (Phi) is 4.07. The average Bonchev–Trinajstić information content (AvgIpc) is 2.36. The van der Waals surface area contributed by atoms with Crippen molar-refractivity contribution in [3.63, 3.8) is 0 Å². The third-order valence-electron chi connectivity index (χ3n) is 1.20. The van der Waals surface area contributed by atoms with Gasteiger partial charge in [-0.2, -0.15) is 0 Å². The van der Waals surface area contributed by atoms with Crippen molar-refractivity contribution >= 4 is 12.4 Å². The molecule has 0 aliphatic heterocycles. The Hall–Kier alpha value is -0.610. The molecule has 11 heavy (non-hydrogen) atoms. The summed E-state index contributed by atoms with van der Waals surface area (Å²) in [6.45, 7) is 0. The topological polar surface area (TPSA) is 39.2 Å². The van der Waals surface area contributed by atoms with Crippen LogP contribution in [0, 0.1) is 0 Å². The SMILES string of the molecule is Cl.N[C@H](c1ccoc1)C(F)F. The molecule has 2 N–H and O–H groups in total. The maximum absolute atomic E-state index is 11.8. The third-order valence-corrected chi connectivity index (χ3v) is 1.20. The number of nitrogens with two attached hydrogens (primary N) is 1. The van der Waals surface area contributed by atoms with Crippen molar-refractivity contribution in [2.45, 2.75) is 12.5 Å². The maximum Gasteiger partial charge on any atom is 0.257 e. The number of furan rings is 1. The molecule has 0 spiro atoms. The van der Waals surface area contributed by atoms with Crippen molar-refractivity contribution in [3.8, 4) is 0 Å². The largest absolute Gasteiger partial charge is 0.472 e. The number of halogens is 3. The summed E-state index contributed by atoms with van der Waals surface area (Å²) in [4.78, 5) is 0. The Balaban J connectivity index is 0.000001000. The van der Waals surface area contributed by atoms with Gasteiger partial charge in [0, 0.05) is 5.56 Å². The lowest BCUT2D eigenvalue weighted by Crippen LogP contribution is -2.17. The average molecular weight is 184 g/mol. The second-order valence-corrected chi connectivity index (χ2v) is 1.92. The lowest BCUT2D eigenvalue weighted by atomic mass is 10.2.